The molecule has 5 nitrogen and oxygen atoms in total. The van der Waals surface area contributed by atoms with Crippen molar-refractivity contribution in [2.24, 2.45) is 0 Å². The standard InChI is InChI=1S/C18H16Cl2F3N3O2S/c1-10-8-26(15-5-3-2-4-12(10)15)9-16(18(21,22)23)25-29(27,28)17-13(20)6-11(19)7-14(17)24/h2-8,16,25H,9,24H2,1H3. The summed E-state index contributed by atoms with van der Waals surface area (Å²) in [5.41, 5.74) is 6.63. The molecule has 3 rings (SSSR count). The van der Waals surface area contributed by atoms with E-state index in [2.05, 4.69) is 0 Å². The molecule has 3 N–H and O–H groups in total. The van der Waals surface area contributed by atoms with Crippen LogP contribution in [0.15, 0.2) is 47.5 Å². The van der Waals surface area contributed by atoms with Gasteiger partial charge in [-0.15, -0.1) is 0 Å². The quantitative estimate of drug-likeness (QED) is 0.533. The number of anilines is 1. The van der Waals surface area contributed by atoms with Gasteiger partial charge in [0.1, 0.15) is 10.9 Å². The van der Waals surface area contributed by atoms with Crippen molar-refractivity contribution in [3.8, 4) is 0 Å². The number of hydrogen-bond acceptors (Lipinski definition) is 3. The molecule has 2 aromatic carbocycles. The van der Waals surface area contributed by atoms with E-state index in [1.807, 2.05) is 0 Å². The third-order valence-corrected chi connectivity index (χ3v) is 6.58. The number of alkyl halides is 3. The van der Waals surface area contributed by atoms with Crippen molar-refractivity contribution < 1.29 is 21.6 Å². The minimum atomic E-state index is -4.86. The monoisotopic (exact) mass is 465 g/mol. The van der Waals surface area contributed by atoms with Gasteiger partial charge in [0, 0.05) is 28.7 Å². The van der Waals surface area contributed by atoms with Gasteiger partial charge in [0.2, 0.25) is 10.0 Å². The van der Waals surface area contributed by atoms with Crippen LogP contribution in [0.25, 0.3) is 10.9 Å². The molecule has 1 heterocycles. The molecule has 0 saturated heterocycles. The number of hydrogen-bond donors (Lipinski definition) is 2. The van der Waals surface area contributed by atoms with Gasteiger partial charge < -0.3 is 10.3 Å². The van der Waals surface area contributed by atoms with Crippen molar-refractivity contribution in [1.29, 1.82) is 0 Å². The predicted molar refractivity (Wildman–Crippen MR) is 108 cm³/mol. The average molecular weight is 466 g/mol. The highest BCUT2D eigenvalue weighted by molar-refractivity contribution is 7.89. The fourth-order valence-corrected chi connectivity index (χ4v) is 5.30. The summed E-state index contributed by atoms with van der Waals surface area (Å²) in [4.78, 5) is -0.647. The molecule has 0 radical (unpaired) electrons. The fraction of sp³-hybridized carbons (Fsp3) is 0.222. The lowest BCUT2D eigenvalue weighted by molar-refractivity contribution is -0.154. The summed E-state index contributed by atoms with van der Waals surface area (Å²) >= 11 is 11.6. The molecule has 3 aromatic rings. The van der Waals surface area contributed by atoms with E-state index in [0.717, 1.165) is 23.1 Å². The smallest absolute Gasteiger partial charge is 0.398 e. The molecule has 29 heavy (non-hydrogen) atoms. The maximum atomic E-state index is 13.7. The van der Waals surface area contributed by atoms with Gasteiger partial charge in [0.05, 0.1) is 10.7 Å². The second-order valence-electron chi connectivity index (χ2n) is 6.50. The maximum absolute atomic E-state index is 13.7. The van der Waals surface area contributed by atoms with Crippen LogP contribution in [0.2, 0.25) is 10.0 Å². The van der Waals surface area contributed by atoms with E-state index in [1.165, 1.54) is 4.57 Å². The average Bonchev–Trinajstić information content (AvgIpc) is 2.88. The van der Waals surface area contributed by atoms with Crippen LogP contribution in [0.3, 0.4) is 0 Å². The normalized spacial score (nSPS) is 13.7. The first-order valence-electron chi connectivity index (χ1n) is 8.28. The van der Waals surface area contributed by atoms with Crippen molar-refractivity contribution in [3.05, 3.63) is 58.2 Å². The van der Waals surface area contributed by atoms with E-state index in [9.17, 15) is 21.6 Å². The molecule has 1 atom stereocenters. The molecule has 1 aromatic heterocycles. The fourth-order valence-electron chi connectivity index (χ4n) is 3.10. The first-order chi connectivity index (χ1) is 13.4. The van der Waals surface area contributed by atoms with Gasteiger partial charge in [-0.25, -0.2) is 8.42 Å². The minimum Gasteiger partial charge on any atom is -0.398 e. The molecule has 0 saturated carbocycles. The van der Waals surface area contributed by atoms with Gasteiger partial charge in [-0.1, -0.05) is 41.4 Å². The number of rotatable bonds is 5. The zero-order chi connectivity index (χ0) is 21.6. The Labute approximate surface area is 175 Å². The van der Waals surface area contributed by atoms with Crippen molar-refractivity contribution >= 4 is 49.8 Å². The molecule has 0 aliphatic heterocycles. The van der Waals surface area contributed by atoms with E-state index in [4.69, 9.17) is 28.9 Å². The Balaban J connectivity index is 2.00. The second kappa shape index (κ2) is 7.71. The van der Waals surface area contributed by atoms with Crippen LogP contribution in [0.4, 0.5) is 18.9 Å². The lowest BCUT2D eigenvalue weighted by Gasteiger charge is -2.23. The first-order valence-corrected chi connectivity index (χ1v) is 10.5. The van der Waals surface area contributed by atoms with E-state index < -0.39 is 33.7 Å². The third kappa shape index (κ3) is 4.48. The number of aryl methyl sites for hydroxylation is 1. The molecule has 11 heteroatoms. The molecule has 0 aliphatic rings. The van der Waals surface area contributed by atoms with Crippen molar-refractivity contribution in [2.75, 3.05) is 5.73 Å². The van der Waals surface area contributed by atoms with Gasteiger partial charge in [-0.3, -0.25) is 0 Å². The largest absolute Gasteiger partial charge is 0.406 e. The Morgan fingerprint density at radius 2 is 1.86 bits per heavy atom. The number of halogens is 5. The highest BCUT2D eigenvalue weighted by atomic mass is 35.5. The summed E-state index contributed by atoms with van der Waals surface area (Å²) in [5, 5.41) is 0.472. The number of nitrogens with zero attached hydrogens (tertiary/aromatic N) is 1. The van der Waals surface area contributed by atoms with Crippen LogP contribution in [0.5, 0.6) is 0 Å². The highest BCUT2D eigenvalue weighted by Gasteiger charge is 2.43. The lowest BCUT2D eigenvalue weighted by Crippen LogP contribution is -2.48. The van der Waals surface area contributed by atoms with Gasteiger partial charge in [-0.2, -0.15) is 17.9 Å². The minimum absolute atomic E-state index is 0.0631. The van der Waals surface area contributed by atoms with Gasteiger partial charge in [0.15, 0.2) is 0 Å². The van der Waals surface area contributed by atoms with Crippen LogP contribution < -0.4 is 10.5 Å². The Hall–Kier alpha value is -1.94. The number of nitrogen functional groups attached to an aromatic ring is 1. The zero-order valence-electron chi connectivity index (χ0n) is 15.0. The molecule has 0 spiro atoms. The Morgan fingerprint density at radius 1 is 1.21 bits per heavy atom. The van der Waals surface area contributed by atoms with Crippen LogP contribution in [0, 0.1) is 6.92 Å². The molecule has 1 unspecified atom stereocenters. The van der Waals surface area contributed by atoms with E-state index >= 15 is 0 Å². The maximum Gasteiger partial charge on any atom is 0.406 e. The molecule has 156 valence electrons. The third-order valence-electron chi connectivity index (χ3n) is 4.37. The summed E-state index contributed by atoms with van der Waals surface area (Å²) in [6, 6.07) is 6.70. The van der Waals surface area contributed by atoms with Gasteiger partial charge in [0.25, 0.3) is 0 Å². The summed E-state index contributed by atoms with van der Waals surface area (Å²) < 4.78 is 69.5. The SMILES string of the molecule is Cc1cn(CC(NS(=O)(=O)c2c(N)cc(Cl)cc2Cl)C(F)(F)F)c2ccccc12. The van der Waals surface area contributed by atoms with Gasteiger partial charge >= 0.3 is 6.18 Å². The summed E-state index contributed by atoms with van der Waals surface area (Å²) in [6.07, 6.45) is -3.32. The molecule has 0 aliphatic carbocycles. The van der Waals surface area contributed by atoms with Crippen molar-refractivity contribution in [1.82, 2.24) is 9.29 Å². The lowest BCUT2D eigenvalue weighted by atomic mass is 10.2. The van der Waals surface area contributed by atoms with Crippen LogP contribution in [0.1, 0.15) is 5.56 Å². The number of fused-ring (bicyclic) bond motifs is 1. The number of nitrogens with two attached hydrogens (primary N) is 1. The van der Waals surface area contributed by atoms with Crippen molar-refractivity contribution in [3.63, 3.8) is 0 Å². The van der Waals surface area contributed by atoms with E-state index in [1.54, 1.807) is 42.1 Å². The number of sulfonamides is 1. The Bertz CT molecular complexity index is 1150. The van der Waals surface area contributed by atoms with Crippen LogP contribution in [-0.4, -0.2) is 25.2 Å². The molecular weight excluding hydrogens is 450 g/mol. The van der Waals surface area contributed by atoms with E-state index in [0.29, 0.717) is 5.52 Å². The number of nitrogens with one attached hydrogen (secondary N) is 1. The van der Waals surface area contributed by atoms with Gasteiger partial charge in [-0.05, 0) is 30.7 Å². The molecule has 0 fully saturated rings. The number of benzene rings is 2. The molecular formula is C18H16Cl2F3N3O2S. The number of aromatic nitrogens is 1. The van der Waals surface area contributed by atoms with E-state index in [-0.39, 0.29) is 15.7 Å². The molecule has 0 bridgehead atoms. The predicted octanol–water partition coefficient (Wildman–Crippen LogP) is 4.75. The molecule has 0 amide bonds. The topological polar surface area (TPSA) is 77.1 Å². The summed E-state index contributed by atoms with van der Waals surface area (Å²) in [6.45, 7) is 1.10. The second-order valence-corrected chi connectivity index (χ2v) is 9.00. The zero-order valence-corrected chi connectivity index (χ0v) is 17.3. The number of para-hydroxylation sites is 1. The summed E-state index contributed by atoms with van der Waals surface area (Å²) in [7, 11) is -4.69. The van der Waals surface area contributed by atoms with Crippen molar-refractivity contribution in [2.45, 2.75) is 30.6 Å². The Kier molecular flexibility index (Phi) is 5.79. The Morgan fingerprint density at radius 3 is 2.48 bits per heavy atom. The summed E-state index contributed by atoms with van der Waals surface area (Å²) in [5.74, 6) is 0. The highest BCUT2D eigenvalue weighted by Crippen LogP contribution is 2.33. The first kappa shape index (κ1) is 21.8. The van der Waals surface area contributed by atoms with Crippen LogP contribution >= 0.6 is 23.2 Å². The van der Waals surface area contributed by atoms with Crippen LogP contribution in [-0.2, 0) is 16.6 Å².